The van der Waals surface area contributed by atoms with Gasteiger partial charge in [-0.15, -0.1) is 0 Å². The van der Waals surface area contributed by atoms with Crippen molar-refractivity contribution in [1.29, 1.82) is 0 Å². The number of hydrogen-bond donors (Lipinski definition) is 1. The standard InChI is InChI=1S/C12H14N2O/c1-8-4-9(2)6-11(5-8)14-12(15)7-10(3)13-14/h4-6,13H,3,7H2,1-2H3. The van der Waals surface area contributed by atoms with Crippen molar-refractivity contribution in [1.82, 2.24) is 5.43 Å². The summed E-state index contributed by atoms with van der Waals surface area (Å²) in [5, 5.41) is 1.56. The Morgan fingerprint density at radius 2 is 1.87 bits per heavy atom. The van der Waals surface area contributed by atoms with Crippen LogP contribution >= 0.6 is 0 Å². The smallest absolute Gasteiger partial charge is 0.251 e. The molecule has 1 aromatic rings. The average molecular weight is 202 g/mol. The Morgan fingerprint density at radius 3 is 2.33 bits per heavy atom. The van der Waals surface area contributed by atoms with E-state index in [1.54, 1.807) is 5.01 Å². The van der Waals surface area contributed by atoms with E-state index in [0.717, 1.165) is 22.5 Å². The van der Waals surface area contributed by atoms with E-state index >= 15 is 0 Å². The first-order chi connectivity index (χ1) is 7.06. The van der Waals surface area contributed by atoms with E-state index in [2.05, 4.69) is 18.1 Å². The highest BCUT2D eigenvalue weighted by Crippen LogP contribution is 2.22. The minimum absolute atomic E-state index is 0.0463. The van der Waals surface area contributed by atoms with Gasteiger partial charge in [-0.25, -0.2) is 5.01 Å². The zero-order valence-electron chi connectivity index (χ0n) is 9.00. The van der Waals surface area contributed by atoms with Crippen molar-refractivity contribution in [3.63, 3.8) is 0 Å². The van der Waals surface area contributed by atoms with Crippen molar-refractivity contribution in [2.45, 2.75) is 20.3 Å². The molecule has 0 saturated carbocycles. The summed E-state index contributed by atoms with van der Waals surface area (Å²) in [6.07, 6.45) is 0.382. The zero-order chi connectivity index (χ0) is 11.0. The first-order valence-corrected chi connectivity index (χ1v) is 4.92. The van der Waals surface area contributed by atoms with E-state index in [0.29, 0.717) is 6.42 Å². The van der Waals surface area contributed by atoms with Crippen molar-refractivity contribution in [2.24, 2.45) is 0 Å². The number of carbonyl (C=O) groups excluding carboxylic acids is 1. The molecule has 2 rings (SSSR count). The number of hydrazine groups is 1. The maximum atomic E-state index is 11.6. The number of nitrogens with zero attached hydrogens (tertiary/aromatic N) is 1. The summed E-state index contributed by atoms with van der Waals surface area (Å²) in [6.45, 7) is 7.79. The van der Waals surface area contributed by atoms with Gasteiger partial charge >= 0.3 is 0 Å². The molecule has 0 atom stereocenters. The third kappa shape index (κ3) is 1.86. The molecule has 1 amide bonds. The van der Waals surface area contributed by atoms with Gasteiger partial charge in [0.2, 0.25) is 0 Å². The molecule has 1 saturated heterocycles. The largest absolute Gasteiger partial charge is 0.296 e. The molecule has 1 aromatic carbocycles. The minimum atomic E-state index is 0.0463. The van der Waals surface area contributed by atoms with Crippen LogP contribution in [0.15, 0.2) is 30.5 Å². The number of anilines is 1. The molecular formula is C12H14N2O. The highest BCUT2D eigenvalue weighted by atomic mass is 16.2. The molecule has 1 heterocycles. The van der Waals surface area contributed by atoms with E-state index in [4.69, 9.17) is 0 Å². The summed E-state index contributed by atoms with van der Waals surface area (Å²) in [6, 6.07) is 6.05. The topological polar surface area (TPSA) is 32.3 Å². The second-order valence-corrected chi connectivity index (χ2v) is 3.97. The van der Waals surface area contributed by atoms with Gasteiger partial charge in [-0.1, -0.05) is 12.6 Å². The molecule has 15 heavy (non-hydrogen) atoms. The molecule has 0 bridgehead atoms. The van der Waals surface area contributed by atoms with Crippen molar-refractivity contribution in [3.05, 3.63) is 41.6 Å². The third-order valence-electron chi connectivity index (χ3n) is 2.35. The monoisotopic (exact) mass is 202 g/mol. The summed E-state index contributed by atoms with van der Waals surface area (Å²) < 4.78 is 0. The van der Waals surface area contributed by atoms with Crippen LogP contribution in [-0.4, -0.2) is 5.91 Å². The van der Waals surface area contributed by atoms with Gasteiger partial charge in [0.05, 0.1) is 12.1 Å². The second kappa shape index (κ2) is 3.42. The molecule has 0 spiro atoms. The van der Waals surface area contributed by atoms with Crippen LogP contribution in [0.1, 0.15) is 17.5 Å². The summed E-state index contributed by atoms with van der Waals surface area (Å²) in [7, 11) is 0. The molecule has 3 heteroatoms. The van der Waals surface area contributed by atoms with Crippen LogP contribution in [0.4, 0.5) is 5.69 Å². The maximum Gasteiger partial charge on any atom is 0.251 e. The second-order valence-electron chi connectivity index (χ2n) is 3.97. The van der Waals surface area contributed by atoms with Crippen LogP contribution in [0.25, 0.3) is 0 Å². The third-order valence-corrected chi connectivity index (χ3v) is 2.35. The number of hydrogen-bond acceptors (Lipinski definition) is 2. The highest BCUT2D eigenvalue weighted by Gasteiger charge is 2.24. The Bertz CT molecular complexity index is 417. The van der Waals surface area contributed by atoms with Gasteiger partial charge < -0.3 is 0 Å². The maximum absolute atomic E-state index is 11.6. The highest BCUT2D eigenvalue weighted by molar-refractivity contribution is 5.96. The van der Waals surface area contributed by atoms with Crippen LogP contribution in [0, 0.1) is 13.8 Å². The van der Waals surface area contributed by atoms with E-state index in [-0.39, 0.29) is 5.91 Å². The molecule has 0 radical (unpaired) electrons. The van der Waals surface area contributed by atoms with Gasteiger partial charge in [0.25, 0.3) is 5.91 Å². The van der Waals surface area contributed by atoms with Crippen LogP contribution in [0.5, 0.6) is 0 Å². The number of nitrogens with one attached hydrogen (secondary N) is 1. The van der Waals surface area contributed by atoms with Crippen LogP contribution in [-0.2, 0) is 4.79 Å². The predicted octanol–water partition coefficient (Wildman–Crippen LogP) is 2.06. The summed E-state index contributed by atoms with van der Waals surface area (Å²) in [5.74, 6) is 0.0463. The Balaban J connectivity index is 2.37. The first-order valence-electron chi connectivity index (χ1n) is 4.92. The minimum Gasteiger partial charge on any atom is -0.296 e. The summed E-state index contributed by atoms with van der Waals surface area (Å²) >= 11 is 0. The van der Waals surface area contributed by atoms with Crippen molar-refractivity contribution >= 4 is 11.6 Å². The SMILES string of the molecule is C=C1CC(=O)N(c2cc(C)cc(C)c2)N1. The fourth-order valence-corrected chi connectivity index (χ4v) is 1.81. The lowest BCUT2D eigenvalue weighted by molar-refractivity contribution is -0.117. The Kier molecular flexibility index (Phi) is 2.23. The fraction of sp³-hybridized carbons (Fsp3) is 0.250. The van der Waals surface area contributed by atoms with Gasteiger partial charge in [0.15, 0.2) is 0 Å². The Hall–Kier alpha value is -1.77. The number of aryl methyl sites for hydroxylation is 2. The molecule has 1 N–H and O–H groups in total. The Labute approximate surface area is 89.4 Å². The number of carbonyl (C=O) groups is 1. The summed E-state index contributed by atoms with van der Waals surface area (Å²) in [4.78, 5) is 11.6. The van der Waals surface area contributed by atoms with E-state index in [9.17, 15) is 4.79 Å². The lowest BCUT2D eigenvalue weighted by Crippen LogP contribution is -2.33. The lowest BCUT2D eigenvalue weighted by atomic mass is 10.1. The first kappa shape index (κ1) is 9.77. The fourth-order valence-electron chi connectivity index (χ4n) is 1.81. The zero-order valence-corrected chi connectivity index (χ0v) is 9.00. The molecule has 3 nitrogen and oxygen atoms in total. The van der Waals surface area contributed by atoms with Crippen LogP contribution < -0.4 is 10.4 Å². The molecule has 0 aromatic heterocycles. The summed E-state index contributed by atoms with van der Waals surface area (Å²) in [5.41, 5.74) is 6.90. The van der Waals surface area contributed by atoms with E-state index in [1.165, 1.54) is 0 Å². The van der Waals surface area contributed by atoms with Gasteiger partial charge in [-0.2, -0.15) is 0 Å². The molecule has 78 valence electrons. The Morgan fingerprint density at radius 1 is 1.27 bits per heavy atom. The number of rotatable bonds is 1. The van der Waals surface area contributed by atoms with Crippen molar-refractivity contribution in [2.75, 3.05) is 5.01 Å². The van der Waals surface area contributed by atoms with Gasteiger partial charge in [-0.05, 0) is 37.1 Å². The average Bonchev–Trinajstić information content (AvgIpc) is 2.43. The quantitative estimate of drug-likeness (QED) is 0.756. The van der Waals surface area contributed by atoms with Gasteiger partial charge in [-0.3, -0.25) is 10.2 Å². The number of amides is 1. The predicted molar refractivity (Wildman–Crippen MR) is 60.3 cm³/mol. The molecule has 0 unspecified atom stereocenters. The van der Waals surface area contributed by atoms with Gasteiger partial charge in [0, 0.05) is 5.70 Å². The molecule has 1 aliphatic rings. The van der Waals surface area contributed by atoms with Crippen LogP contribution in [0.3, 0.4) is 0 Å². The molecular weight excluding hydrogens is 188 g/mol. The number of benzene rings is 1. The van der Waals surface area contributed by atoms with E-state index in [1.807, 2.05) is 26.0 Å². The van der Waals surface area contributed by atoms with E-state index < -0.39 is 0 Å². The molecule has 1 aliphatic heterocycles. The van der Waals surface area contributed by atoms with Gasteiger partial charge in [0.1, 0.15) is 0 Å². The van der Waals surface area contributed by atoms with Crippen molar-refractivity contribution < 1.29 is 4.79 Å². The van der Waals surface area contributed by atoms with Crippen LogP contribution in [0.2, 0.25) is 0 Å². The molecule has 0 aliphatic carbocycles. The lowest BCUT2D eigenvalue weighted by Gasteiger charge is -2.17. The molecule has 1 fully saturated rings. The normalized spacial score (nSPS) is 15.7. The van der Waals surface area contributed by atoms with Crippen molar-refractivity contribution in [3.8, 4) is 0 Å².